The van der Waals surface area contributed by atoms with E-state index in [1.54, 1.807) is 0 Å². The van der Waals surface area contributed by atoms with E-state index in [0.717, 1.165) is 25.0 Å². The summed E-state index contributed by atoms with van der Waals surface area (Å²) in [4.78, 5) is 9.84. The number of nitroso groups, excluding NO2 is 1. The van der Waals surface area contributed by atoms with Gasteiger partial charge in [-0.25, -0.2) is 0 Å². The van der Waals surface area contributed by atoms with Crippen LogP contribution in [0.25, 0.3) is 0 Å². The first-order chi connectivity index (χ1) is 3.93. The molecule has 0 N–H and O–H groups in total. The molecule has 0 aromatic carbocycles. The van der Waals surface area contributed by atoms with Crippen LogP contribution in [-0.4, -0.2) is 0 Å². The van der Waals surface area contributed by atoms with E-state index in [0.29, 0.717) is 0 Å². The average Bonchev–Trinajstić information content (AvgIpc) is 1.90. The van der Waals surface area contributed by atoms with Gasteiger partial charge in [-0.2, -0.15) is 0 Å². The van der Waals surface area contributed by atoms with Gasteiger partial charge in [-0.15, -0.1) is 4.91 Å². The minimum Gasteiger partial charge on any atom is -0.145 e. The van der Waals surface area contributed by atoms with Crippen LogP contribution in [0.2, 0.25) is 0 Å². The van der Waals surface area contributed by atoms with Crippen molar-refractivity contribution in [3.8, 4) is 0 Å². The SMILES string of the molecule is O=NC1=CCCCC1. The summed E-state index contributed by atoms with van der Waals surface area (Å²) in [5.74, 6) is 0. The van der Waals surface area contributed by atoms with Gasteiger partial charge in [0, 0.05) is 0 Å². The van der Waals surface area contributed by atoms with Crippen molar-refractivity contribution in [3.63, 3.8) is 0 Å². The van der Waals surface area contributed by atoms with Crippen LogP contribution < -0.4 is 0 Å². The Kier molecular flexibility index (Phi) is 1.78. The zero-order valence-corrected chi connectivity index (χ0v) is 4.76. The molecule has 0 aromatic heterocycles. The van der Waals surface area contributed by atoms with Crippen LogP contribution >= 0.6 is 0 Å². The van der Waals surface area contributed by atoms with E-state index in [2.05, 4.69) is 5.18 Å². The lowest BCUT2D eigenvalue weighted by Crippen LogP contribution is -1.86. The molecule has 0 spiro atoms. The average molecular weight is 111 g/mol. The summed E-state index contributed by atoms with van der Waals surface area (Å²) < 4.78 is 0. The first-order valence-corrected chi connectivity index (χ1v) is 2.96. The van der Waals surface area contributed by atoms with Gasteiger partial charge in [-0.05, 0) is 30.9 Å². The standard InChI is InChI=1S/C6H9NO/c8-7-6-4-2-1-3-5-6/h4H,1-3,5H2. The third-order valence-corrected chi connectivity index (χ3v) is 1.38. The van der Waals surface area contributed by atoms with E-state index < -0.39 is 0 Å². The van der Waals surface area contributed by atoms with Gasteiger partial charge in [0.05, 0.1) is 5.70 Å². The Balaban J connectivity index is 2.49. The molecule has 0 bridgehead atoms. The van der Waals surface area contributed by atoms with Crippen LogP contribution in [0.1, 0.15) is 25.7 Å². The molecule has 0 aromatic rings. The lowest BCUT2D eigenvalue weighted by molar-refractivity contribution is 0.695. The van der Waals surface area contributed by atoms with Gasteiger partial charge in [0.25, 0.3) is 0 Å². The largest absolute Gasteiger partial charge is 0.145 e. The third-order valence-electron chi connectivity index (χ3n) is 1.38. The van der Waals surface area contributed by atoms with Crippen molar-refractivity contribution in [2.24, 2.45) is 5.18 Å². The van der Waals surface area contributed by atoms with Crippen LogP contribution in [0, 0.1) is 4.91 Å². The van der Waals surface area contributed by atoms with Gasteiger partial charge in [0.15, 0.2) is 0 Å². The lowest BCUT2D eigenvalue weighted by atomic mass is 10.1. The van der Waals surface area contributed by atoms with Crippen molar-refractivity contribution in [3.05, 3.63) is 16.7 Å². The third kappa shape index (κ3) is 1.15. The second kappa shape index (κ2) is 2.60. The summed E-state index contributed by atoms with van der Waals surface area (Å²) in [5, 5.41) is 2.86. The Bertz CT molecular complexity index is 118. The monoisotopic (exact) mass is 111 g/mol. The topological polar surface area (TPSA) is 29.4 Å². The number of hydrogen-bond donors (Lipinski definition) is 0. The zero-order valence-electron chi connectivity index (χ0n) is 4.76. The molecule has 0 heterocycles. The molecule has 0 amide bonds. The molecule has 0 fully saturated rings. The minimum atomic E-state index is 0.747. The fourth-order valence-corrected chi connectivity index (χ4v) is 0.904. The highest BCUT2D eigenvalue weighted by atomic mass is 16.3. The molecule has 44 valence electrons. The fourth-order valence-electron chi connectivity index (χ4n) is 0.904. The van der Waals surface area contributed by atoms with Crippen molar-refractivity contribution in [1.82, 2.24) is 0 Å². The molecule has 1 aliphatic carbocycles. The van der Waals surface area contributed by atoms with Gasteiger partial charge >= 0.3 is 0 Å². The quantitative estimate of drug-likeness (QED) is 0.477. The van der Waals surface area contributed by atoms with Crippen LogP contribution in [-0.2, 0) is 0 Å². The van der Waals surface area contributed by atoms with E-state index in [9.17, 15) is 4.91 Å². The van der Waals surface area contributed by atoms with Crippen LogP contribution in [0.5, 0.6) is 0 Å². The maximum atomic E-state index is 9.84. The van der Waals surface area contributed by atoms with E-state index in [1.807, 2.05) is 6.08 Å². The van der Waals surface area contributed by atoms with Crippen molar-refractivity contribution < 1.29 is 0 Å². The normalized spacial score (nSPS) is 19.8. The maximum Gasteiger partial charge on any atom is 0.0809 e. The molecule has 2 heteroatoms. The molecule has 2 nitrogen and oxygen atoms in total. The molecule has 8 heavy (non-hydrogen) atoms. The highest BCUT2D eigenvalue weighted by Gasteiger charge is 2.00. The summed E-state index contributed by atoms with van der Waals surface area (Å²) in [6.45, 7) is 0. The molecule has 1 aliphatic rings. The van der Waals surface area contributed by atoms with Crippen LogP contribution in [0.15, 0.2) is 16.9 Å². The van der Waals surface area contributed by atoms with Crippen molar-refractivity contribution in [1.29, 1.82) is 0 Å². The van der Waals surface area contributed by atoms with E-state index in [4.69, 9.17) is 0 Å². The van der Waals surface area contributed by atoms with Crippen molar-refractivity contribution in [2.45, 2.75) is 25.7 Å². The Morgan fingerprint density at radius 1 is 1.50 bits per heavy atom. The zero-order chi connectivity index (χ0) is 5.82. The van der Waals surface area contributed by atoms with Gasteiger partial charge in [0.2, 0.25) is 0 Å². The predicted molar refractivity (Wildman–Crippen MR) is 32.3 cm³/mol. The fraction of sp³-hybridized carbons (Fsp3) is 0.667. The van der Waals surface area contributed by atoms with Gasteiger partial charge in [-0.3, -0.25) is 0 Å². The van der Waals surface area contributed by atoms with Crippen molar-refractivity contribution in [2.75, 3.05) is 0 Å². The van der Waals surface area contributed by atoms with Gasteiger partial charge < -0.3 is 0 Å². The Morgan fingerprint density at radius 3 is 2.75 bits per heavy atom. The second-order valence-corrected chi connectivity index (χ2v) is 2.03. The molecule has 0 saturated carbocycles. The van der Waals surface area contributed by atoms with Crippen LogP contribution in [0.4, 0.5) is 0 Å². The smallest absolute Gasteiger partial charge is 0.0809 e. The van der Waals surface area contributed by atoms with E-state index in [1.165, 1.54) is 6.42 Å². The Labute approximate surface area is 48.6 Å². The van der Waals surface area contributed by atoms with Crippen molar-refractivity contribution >= 4 is 0 Å². The summed E-state index contributed by atoms with van der Waals surface area (Å²) in [5.41, 5.74) is 0.747. The number of allylic oxidation sites excluding steroid dienone is 2. The molecular weight excluding hydrogens is 102 g/mol. The second-order valence-electron chi connectivity index (χ2n) is 2.03. The molecule has 0 unspecified atom stereocenters. The lowest BCUT2D eigenvalue weighted by Gasteiger charge is -2.03. The molecule has 0 atom stereocenters. The maximum absolute atomic E-state index is 9.84. The predicted octanol–water partition coefficient (Wildman–Crippen LogP) is 2.21. The number of rotatable bonds is 1. The highest BCUT2D eigenvalue weighted by molar-refractivity contribution is 5.02. The first kappa shape index (κ1) is 5.48. The first-order valence-electron chi connectivity index (χ1n) is 2.96. The molecular formula is C6H9NO. The highest BCUT2D eigenvalue weighted by Crippen LogP contribution is 2.17. The Morgan fingerprint density at radius 2 is 2.38 bits per heavy atom. The minimum absolute atomic E-state index is 0.747. The Hall–Kier alpha value is -0.660. The molecule has 1 rings (SSSR count). The summed E-state index contributed by atoms with van der Waals surface area (Å²) in [6.07, 6.45) is 6.22. The molecule has 0 aliphatic heterocycles. The van der Waals surface area contributed by atoms with Crippen LogP contribution in [0.3, 0.4) is 0 Å². The molecule has 0 radical (unpaired) electrons. The van der Waals surface area contributed by atoms with Gasteiger partial charge in [0.1, 0.15) is 0 Å². The van der Waals surface area contributed by atoms with E-state index >= 15 is 0 Å². The van der Waals surface area contributed by atoms with Gasteiger partial charge in [-0.1, -0.05) is 6.08 Å². The molecule has 0 saturated heterocycles. The number of hydrogen-bond acceptors (Lipinski definition) is 2. The summed E-state index contributed by atoms with van der Waals surface area (Å²) in [7, 11) is 0. The number of nitrogens with zero attached hydrogens (tertiary/aromatic N) is 1. The summed E-state index contributed by atoms with van der Waals surface area (Å²) >= 11 is 0. The summed E-state index contributed by atoms with van der Waals surface area (Å²) in [6, 6.07) is 0. The van der Waals surface area contributed by atoms with E-state index in [-0.39, 0.29) is 0 Å².